The molecule has 0 aromatic heterocycles. The first-order valence-electron chi connectivity index (χ1n) is 5.87. The number of amides is 1. The Kier molecular flexibility index (Phi) is 6.79. The van der Waals surface area contributed by atoms with Crippen LogP contribution in [0.25, 0.3) is 0 Å². The third-order valence-electron chi connectivity index (χ3n) is 2.27. The first-order valence-corrected chi connectivity index (χ1v) is 5.87. The van der Waals surface area contributed by atoms with Crippen LogP contribution in [0, 0.1) is 5.82 Å². The summed E-state index contributed by atoms with van der Waals surface area (Å²) in [6, 6.07) is 6.12. The summed E-state index contributed by atoms with van der Waals surface area (Å²) in [5, 5.41) is 2.73. The number of carbonyl (C=O) groups excluding carboxylic acids is 1. The van der Waals surface area contributed by atoms with E-state index in [0.717, 1.165) is 6.42 Å². The highest BCUT2D eigenvalue weighted by Crippen LogP contribution is 2.15. The van der Waals surface area contributed by atoms with Crippen molar-refractivity contribution < 1.29 is 18.7 Å². The largest absolute Gasteiger partial charge is 0.490 e. The Bertz CT molecular complexity index is 371. The van der Waals surface area contributed by atoms with Crippen LogP contribution in [0.4, 0.5) is 4.39 Å². The van der Waals surface area contributed by atoms with Gasteiger partial charge in [-0.2, -0.15) is 0 Å². The minimum atomic E-state index is -0.419. The zero-order valence-corrected chi connectivity index (χ0v) is 10.4. The normalized spacial score (nSPS) is 10.1. The predicted molar refractivity (Wildman–Crippen MR) is 66.0 cm³/mol. The van der Waals surface area contributed by atoms with Crippen molar-refractivity contribution in [3.8, 4) is 5.75 Å². The van der Waals surface area contributed by atoms with Gasteiger partial charge in [0.05, 0.1) is 13.0 Å². The van der Waals surface area contributed by atoms with Crippen LogP contribution < -0.4 is 10.1 Å². The molecule has 0 aliphatic carbocycles. The Balaban J connectivity index is 2.14. The average Bonchev–Trinajstić information content (AvgIpc) is 2.37. The molecule has 1 N–H and O–H groups in total. The number of rotatable bonds is 8. The number of carbonyl (C=O) groups is 1. The van der Waals surface area contributed by atoms with Crippen LogP contribution in [-0.4, -0.2) is 32.8 Å². The van der Waals surface area contributed by atoms with Gasteiger partial charge in [0.2, 0.25) is 5.91 Å². The second kappa shape index (κ2) is 8.47. The fraction of sp³-hybridized carbons (Fsp3) is 0.462. The number of benzene rings is 1. The second-order valence-electron chi connectivity index (χ2n) is 3.73. The van der Waals surface area contributed by atoms with Gasteiger partial charge in [0, 0.05) is 20.3 Å². The first kappa shape index (κ1) is 14.4. The molecule has 0 atom stereocenters. The summed E-state index contributed by atoms with van der Waals surface area (Å²) < 4.78 is 23.2. The van der Waals surface area contributed by atoms with Crippen LogP contribution in [0.1, 0.15) is 12.8 Å². The smallest absolute Gasteiger partial charge is 0.223 e. The highest BCUT2D eigenvalue weighted by molar-refractivity contribution is 5.75. The van der Waals surface area contributed by atoms with Gasteiger partial charge in [-0.05, 0) is 18.6 Å². The molecule has 0 heterocycles. The highest BCUT2D eigenvalue weighted by Gasteiger charge is 2.04. The molecular formula is C13H18FNO3. The van der Waals surface area contributed by atoms with E-state index in [1.807, 2.05) is 0 Å². The van der Waals surface area contributed by atoms with Crippen LogP contribution in [-0.2, 0) is 9.53 Å². The summed E-state index contributed by atoms with van der Waals surface area (Å²) in [4.78, 5) is 11.4. The molecule has 1 rings (SSSR count). The van der Waals surface area contributed by atoms with Crippen LogP contribution in [0.3, 0.4) is 0 Å². The molecule has 4 nitrogen and oxygen atoms in total. The Labute approximate surface area is 106 Å². The number of hydrogen-bond acceptors (Lipinski definition) is 3. The third-order valence-corrected chi connectivity index (χ3v) is 2.27. The average molecular weight is 255 g/mol. The minimum absolute atomic E-state index is 0.109. The standard InChI is InChI=1S/C13H18FNO3/c1-17-9-4-8-15-13(16)7-10-18-12-6-3-2-5-11(12)14/h2-3,5-6H,4,7-10H2,1H3,(H,15,16). The minimum Gasteiger partial charge on any atom is -0.490 e. The molecule has 1 aromatic carbocycles. The van der Waals surface area contributed by atoms with Gasteiger partial charge < -0.3 is 14.8 Å². The van der Waals surface area contributed by atoms with Crippen molar-refractivity contribution in [3.63, 3.8) is 0 Å². The van der Waals surface area contributed by atoms with E-state index in [4.69, 9.17) is 9.47 Å². The molecular weight excluding hydrogens is 237 g/mol. The monoisotopic (exact) mass is 255 g/mol. The van der Waals surface area contributed by atoms with Crippen LogP contribution in [0.2, 0.25) is 0 Å². The van der Waals surface area contributed by atoms with Gasteiger partial charge in [-0.3, -0.25) is 4.79 Å². The molecule has 0 spiro atoms. The Morgan fingerprint density at radius 3 is 2.83 bits per heavy atom. The quantitative estimate of drug-likeness (QED) is 0.720. The third kappa shape index (κ3) is 5.63. The molecule has 5 heteroatoms. The summed E-state index contributed by atoms with van der Waals surface area (Å²) in [7, 11) is 1.62. The maximum atomic E-state index is 13.2. The summed E-state index contributed by atoms with van der Waals surface area (Å²) in [5.74, 6) is -0.356. The van der Waals surface area contributed by atoms with E-state index < -0.39 is 5.82 Å². The van der Waals surface area contributed by atoms with Crippen molar-refractivity contribution in [1.29, 1.82) is 0 Å². The number of hydrogen-bond donors (Lipinski definition) is 1. The van der Waals surface area contributed by atoms with Crippen LogP contribution in [0.5, 0.6) is 5.75 Å². The lowest BCUT2D eigenvalue weighted by Gasteiger charge is -2.07. The van der Waals surface area contributed by atoms with Gasteiger partial charge in [0.25, 0.3) is 0 Å². The van der Waals surface area contributed by atoms with E-state index in [1.54, 1.807) is 19.2 Å². The topological polar surface area (TPSA) is 47.6 Å². The van der Waals surface area contributed by atoms with Crippen molar-refractivity contribution >= 4 is 5.91 Å². The summed E-state index contributed by atoms with van der Waals surface area (Å²) in [6.07, 6.45) is 0.984. The van der Waals surface area contributed by atoms with Crippen molar-refractivity contribution in [1.82, 2.24) is 5.32 Å². The van der Waals surface area contributed by atoms with Gasteiger partial charge >= 0.3 is 0 Å². The molecule has 0 fully saturated rings. The maximum Gasteiger partial charge on any atom is 0.223 e. The Hall–Kier alpha value is -1.62. The van der Waals surface area contributed by atoms with Crippen molar-refractivity contribution in [3.05, 3.63) is 30.1 Å². The number of para-hydroxylation sites is 1. The van der Waals surface area contributed by atoms with E-state index in [2.05, 4.69) is 5.32 Å². The Morgan fingerprint density at radius 2 is 2.11 bits per heavy atom. The lowest BCUT2D eigenvalue weighted by Crippen LogP contribution is -2.26. The lowest BCUT2D eigenvalue weighted by molar-refractivity contribution is -0.121. The van der Waals surface area contributed by atoms with E-state index >= 15 is 0 Å². The fourth-order valence-electron chi connectivity index (χ4n) is 1.35. The van der Waals surface area contributed by atoms with Gasteiger partial charge in [0.15, 0.2) is 11.6 Å². The van der Waals surface area contributed by atoms with E-state index in [-0.39, 0.29) is 24.7 Å². The molecule has 0 unspecified atom stereocenters. The molecule has 0 bridgehead atoms. The molecule has 0 aliphatic rings. The van der Waals surface area contributed by atoms with Crippen molar-refractivity contribution in [2.24, 2.45) is 0 Å². The van der Waals surface area contributed by atoms with Crippen molar-refractivity contribution in [2.45, 2.75) is 12.8 Å². The van der Waals surface area contributed by atoms with Gasteiger partial charge in [0.1, 0.15) is 0 Å². The zero-order valence-electron chi connectivity index (χ0n) is 10.4. The predicted octanol–water partition coefficient (Wildman–Crippen LogP) is 1.75. The molecule has 0 saturated heterocycles. The SMILES string of the molecule is COCCCNC(=O)CCOc1ccccc1F. The molecule has 0 saturated carbocycles. The molecule has 1 amide bonds. The molecule has 1 aromatic rings. The van der Waals surface area contributed by atoms with E-state index in [1.165, 1.54) is 12.1 Å². The number of nitrogens with one attached hydrogen (secondary N) is 1. The molecule has 0 aliphatic heterocycles. The second-order valence-corrected chi connectivity index (χ2v) is 3.73. The van der Waals surface area contributed by atoms with Crippen LogP contribution in [0.15, 0.2) is 24.3 Å². The number of methoxy groups -OCH3 is 1. The summed E-state index contributed by atoms with van der Waals surface area (Å²) >= 11 is 0. The van der Waals surface area contributed by atoms with Gasteiger partial charge in [-0.25, -0.2) is 4.39 Å². The lowest BCUT2D eigenvalue weighted by atomic mass is 10.3. The number of ether oxygens (including phenoxy) is 2. The molecule has 18 heavy (non-hydrogen) atoms. The first-order chi connectivity index (χ1) is 8.74. The fourth-order valence-corrected chi connectivity index (χ4v) is 1.35. The summed E-state index contributed by atoms with van der Waals surface area (Å²) in [6.45, 7) is 1.36. The zero-order chi connectivity index (χ0) is 13.2. The van der Waals surface area contributed by atoms with Gasteiger partial charge in [-0.15, -0.1) is 0 Å². The number of halogens is 1. The molecule has 100 valence electrons. The van der Waals surface area contributed by atoms with Crippen molar-refractivity contribution in [2.75, 3.05) is 26.9 Å². The maximum absolute atomic E-state index is 13.2. The highest BCUT2D eigenvalue weighted by atomic mass is 19.1. The Morgan fingerprint density at radius 1 is 1.33 bits per heavy atom. The summed E-state index contributed by atoms with van der Waals surface area (Å²) in [5.41, 5.74) is 0. The molecule has 0 radical (unpaired) electrons. The van der Waals surface area contributed by atoms with E-state index in [0.29, 0.717) is 13.2 Å². The van der Waals surface area contributed by atoms with E-state index in [9.17, 15) is 9.18 Å². The van der Waals surface area contributed by atoms with Crippen LogP contribution >= 0.6 is 0 Å². The van der Waals surface area contributed by atoms with Gasteiger partial charge in [-0.1, -0.05) is 12.1 Å².